The van der Waals surface area contributed by atoms with Gasteiger partial charge in [0.05, 0.1) is 0 Å². The van der Waals surface area contributed by atoms with Crippen molar-refractivity contribution in [1.29, 1.82) is 0 Å². The topological polar surface area (TPSA) is 17.1 Å². The Morgan fingerprint density at radius 3 is 2.79 bits per heavy atom. The van der Waals surface area contributed by atoms with Crippen LogP contribution in [0.3, 0.4) is 0 Å². The highest BCUT2D eigenvalue weighted by molar-refractivity contribution is 5.95. The molecule has 0 N–H and O–H groups in total. The van der Waals surface area contributed by atoms with Crippen molar-refractivity contribution in [2.75, 3.05) is 0 Å². The molecule has 0 saturated heterocycles. The molecule has 0 amide bonds. The molecular formula is C13H20O. The minimum Gasteiger partial charge on any atom is -0.294 e. The normalized spacial score (nSPS) is 40.1. The first-order valence-electron chi connectivity index (χ1n) is 5.90. The summed E-state index contributed by atoms with van der Waals surface area (Å²) in [6, 6.07) is 0. The number of carbonyl (C=O) groups is 1. The first-order chi connectivity index (χ1) is 6.73. The zero-order valence-corrected chi connectivity index (χ0v) is 9.09. The number of ketones is 1. The van der Waals surface area contributed by atoms with Crippen LogP contribution < -0.4 is 0 Å². The fourth-order valence-electron chi connectivity index (χ4n) is 3.82. The Kier molecular flexibility index (Phi) is 2.50. The lowest BCUT2D eigenvalue weighted by Crippen LogP contribution is -2.35. The Balaban J connectivity index is 2.23. The van der Waals surface area contributed by atoms with E-state index in [2.05, 4.69) is 13.5 Å². The SMILES string of the molecule is C=CC(=O)C1(CCC)CC2CCC1C2. The van der Waals surface area contributed by atoms with E-state index in [1.54, 1.807) is 6.08 Å². The van der Waals surface area contributed by atoms with Crippen LogP contribution in [-0.4, -0.2) is 5.78 Å². The molecule has 2 aliphatic rings. The second-order valence-electron chi connectivity index (χ2n) is 5.05. The molecule has 0 aromatic carbocycles. The van der Waals surface area contributed by atoms with Crippen molar-refractivity contribution in [3.63, 3.8) is 0 Å². The third kappa shape index (κ3) is 1.25. The summed E-state index contributed by atoms with van der Waals surface area (Å²) in [5, 5.41) is 0. The Bertz CT molecular complexity index is 256. The molecule has 3 atom stereocenters. The lowest BCUT2D eigenvalue weighted by molar-refractivity contribution is -0.127. The monoisotopic (exact) mass is 192 g/mol. The van der Waals surface area contributed by atoms with E-state index in [4.69, 9.17) is 0 Å². The molecule has 0 spiro atoms. The van der Waals surface area contributed by atoms with Crippen LogP contribution in [0.1, 0.15) is 45.4 Å². The van der Waals surface area contributed by atoms with Crippen molar-refractivity contribution in [3.8, 4) is 0 Å². The molecule has 0 aliphatic heterocycles. The van der Waals surface area contributed by atoms with Crippen LogP contribution in [0.4, 0.5) is 0 Å². The fourth-order valence-corrected chi connectivity index (χ4v) is 3.82. The van der Waals surface area contributed by atoms with Crippen LogP contribution in [0.2, 0.25) is 0 Å². The molecule has 1 nitrogen and oxygen atoms in total. The third-order valence-corrected chi connectivity index (χ3v) is 4.35. The lowest BCUT2D eigenvalue weighted by Gasteiger charge is -2.35. The minimum absolute atomic E-state index is 0.0133. The molecule has 2 saturated carbocycles. The van der Waals surface area contributed by atoms with Crippen molar-refractivity contribution in [1.82, 2.24) is 0 Å². The summed E-state index contributed by atoms with van der Waals surface area (Å²) in [7, 11) is 0. The zero-order chi connectivity index (χ0) is 10.2. The molecule has 2 aliphatic carbocycles. The van der Waals surface area contributed by atoms with Crippen molar-refractivity contribution in [2.45, 2.75) is 45.4 Å². The maximum Gasteiger partial charge on any atom is 0.161 e. The summed E-state index contributed by atoms with van der Waals surface area (Å²) in [5.41, 5.74) is 0.0133. The predicted octanol–water partition coefficient (Wildman–Crippen LogP) is 3.35. The van der Waals surface area contributed by atoms with Gasteiger partial charge in [-0.05, 0) is 43.6 Å². The summed E-state index contributed by atoms with van der Waals surface area (Å²) in [5.74, 6) is 1.85. The van der Waals surface area contributed by atoms with Gasteiger partial charge in [0.1, 0.15) is 0 Å². The third-order valence-electron chi connectivity index (χ3n) is 4.35. The number of carbonyl (C=O) groups excluding carboxylic acids is 1. The van der Waals surface area contributed by atoms with Gasteiger partial charge in [-0.2, -0.15) is 0 Å². The van der Waals surface area contributed by atoms with Crippen LogP contribution >= 0.6 is 0 Å². The molecule has 3 unspecified atom stereocenters. The Morgan fingerprint density at radius 1 is 1.57 bits per heavy atom. The van der Waals surface area contributed by atoms with E-state index in [9.17, 15) is 4.79 Å². The van der Waals surface area contributed by atoms with E-state index < -0.39 is 0 Å². The summed E-state index contributed by atoms with van der Waals surface area (Å²) in [6.45, 7) is 5.85. The summed E-state index contributed by atoms with van der Waals surface area (Å²) >= 11 is 0. The maximum absolute atomic E-state index is 12.0. The van der Waals surface area contributed by atoms with Crippen LogP contribution in [0.25, 0.3) is 0 Å². The summed E-state index contributed by atoms with van der Waals surface area (Å²) in [4.78, 5) is 12.0. The van der Waals surface area contributed by atoms with E-state index in [-0.39, 0.29) is 5.41 Å². The van der Waals surface area contributed by atoms with Crippen LogP contribution in [-0.2, 0) is 4.79 Å². The van der Waals surface area contributed by atoms with Crippen molar-refractivity contribution < 1.29 is 4.79 Å². The van der Waals surface area contributed by atoms with Gasteiger partial charge in [0.2, 0.25) is 0 Å². The van der Waals surface area contributed by atoms with Crippen molar-refractivity contribution in [2.24, 2.45) is 17.3 Å². The number of fused-ring (bicyclic) bond motifs is 2. The lowest BCUT2D eigenvalue weighted by atomic mass is 9.67. The highest BCUT2D eigenvalue weighted by Crippen LogP contribution is 2.58. The molecule has 14 heavy (non-hydrogen) atoms. The summed E-state index contributed by atoms with van der Waals surface area (Å²) in [6.07, 6.45) is 8.87. The molecule has 2 bridgehead atoms. The van der Waals surface area contributed by atoms with E-state index in [1.165, 1.54) is 19.3 Å². The van der Waals surface area contributed by atoms with Gasteiger partial charge in [0.15, 0.2) is 5.78 Å². The second-order valence-corrected chi connectivity index (χ2v) is 5.05. The molecule has 0 aromatic rings. The first kappa shape index (κ1) is 9.95. The maximum atomic E-state index is 12.0. The number of hydrogen-bond acceptors (Lipinski definition) is 1. The average molecular weight is 192 g/mol. The average Bonchev–Trinajstić information content (AvgIpc) is 2.77. The molecule has 2 rings (SSSR count). The Hall–Kier alpha value is -0.590. The van der Waals surface area contributed by atoms with Crippen LogP contribution in [0.5, 0.6) is 0 Å². The largest absolute Gasteiger partial charge is 0.294 e. The van der Waals surface area contributed by atoms with Gasteiger partial charge in [-0.25, -0.2) is 0 Å². The minimum atomic E-state index is 0.0133. The quantitative estimate of drug-likeness (QED) is 0.624. The number of rotatable bonds is 4. The second kappa shape index (κ2) is 3.52. The van der Waals surface area contributed by atoms with Gasteiger partial charge in [-0.15, -0.1) is 0 Å². The van der Waals surface area contributed by atoms with E-state index in [0.717, 1.165) is 25.2 Å². The molecule has 0 radical (unpaired) electrons. The Labute approximate surface area is 86.6 Å². The molecule has 0 aromatic heterocycles. The molecule has 78 valence electrons. The van der Waals surface area contributed by atoms with Gasteiger partial charge in [0.25, 0.3) is 0 Å². The van der Waals surface area contributed by atoms with E-state index >= 15 is 0 Å². The smallest absolute Gasteiger partial charge is 0.161 e. The highest BCUT2D eigenvalue weighted by atomic mass is 16.1. The van der Waals surface area contributed by atoms with Gasteiger partial charge in [0, 0.05) is 5.41 Å². The van der Waals surface area contributed by atoms with Gasteiger partial charge >= 0.3 is 0 Å². The highest BCUT2D eigenvalue weighted by Gasteiger charge is 2.53. The van der Waals surface area contributed by atoms with Crippen LogP contribution in [0, 0.1) is 17.3 Å². The first-order valence-corrected chi connectivity index (χ1v) is 5.90. The van der Waals surface area contributed by atoms with Crippen molar-refractivity contribution in [3.05, 3.63) is 12.7 Å². The predicted molar refractivity (Wildman–Crippen MR) is 58.0 cm³/mol. The molecule has 1 heteroatoms. The standard InChI is InChI=1S/C13H20O/c1-3-7-13(12(14)4-2)9-10-5-6-11(13)8-10/h4,10-11H,2-3,5-9H2,1H3. The van der Waals surface area contributed by atoms with Crippen molar-refractivity contribution >= 4 is 5.78 Å². The van der Waals surface area contributed by atoms with E-state index in [1.807, 2.05) is 0 Å². The molecule has 2 fully saturated rings. The van der Waals surface area contributed by atoms with Gasteiger partial charge in [-0.1, -0.05) is 26.3 Å². The number of allylic oxidation sites excluding steroid dienone is 1. The number of hydrogen-bond donors (Lipinski definition) is 0. The van der Waals surface area contributed by atoms with Gasteiger partial charge in [-0.3, -0.25) is 4.79 Å². The van der Waals surface area contributed by atoms with E-state index in [0.29, 0.717) is 11.7 Å². The van der Waals surface area contributed by atoms with Crippen LogP contribution in [0.15, 0.2) is 12.7 Å². The molecule has 0 heterocycles. The Morgan fingerprint density at radius 2 is 2.36 bits per heavy atom. The van der Waals surface area contributed by atoms with Gasteiger partial charge < -0.3 is 0 Å². The summed E-state index contributed by atoms with van der Waals surface area (Å²) < 4.78 is 0. The zero-order valence-electron chi connectivity index (χ0n) is 9.09. The molecular weight excluding hydrogens is 172 g/mol. The fraction of sp³-hybridized carbons (Fsp3) is 0.769.